The fourth-order valence-corrected chi connectivity index (χ4v) is 2.56. The molecule has 0 saturated heterocycles. The molecule has 0 fully saturated rings. The smallest absolute Gasteiger partial charge is 0.223 e. The van der Waals surface area contributed by atoms with Crippen LogP contribution in [0.2, 0.25) is 0 Å². The summed E-state index contributed by atoms with van der Waals surface area (Å²) < 4.78 is 5.03. The van der Waals surface area contributed by atoms with Crippen LogP contribution in [0.1, 0.15) is 18.9 Å². The first-order valence-electron chi connectivity index (χ1n) is 5.34. The molecule has 4 heteroatoms. The quantitative estimate of drug-likeness (QED) is 0.741. The lowest BCUT2D eigenvalue weighted by Gasteiger charge is -2.28. The molecule has 1 aromatic rings. The number of carbonyl (C=O) groups excluding carboxylic acids is 1. The highest BCUT2D eigenvalue weighted by molar-refractivity contribution is 7.94. The molecule has 16 heavy (non-hydrogen) atoms. The van der Waals surface area contributed by atoms with Crippen molar-refractivity contribution < 1.29 is 8.98 Å². The van der Waals surface area contributed by atoms with Crippen LogP contribution < -0.4 is 4.90 Å². The van der Waals surface area contributed by atoms with Crippen molar-refractivity contribution in [2.45, 2.75) is 24.7 Å². The summed E-state index contributed by atoms with van der Waals surface area (Å²) in [5.74, 6) is 0.119. The molecular weight excluding hydrogens is 222 g/mol. The number of hydrogen-bond acceptors (Lipinski definition) is 3. The first kappa shape index (κ1) is 11.5. The van der Waals surface area contributed by atoms with Gasteiger partial charge in [-0.25, -0.2) is 0 Å². The van der Waals surface area contributed by atoms with Crippen LogP contribution >= 0.6 is 12.0 Å². The Kier molecular flexibility index (Phi) is 3.51. The van der Waals surface area contributed by atoms with E-state index in [1.807, 2.05) is 17.0 Å². The Morgan fingerprint density at radius 3 is 3.00 bits per heavy atom. The number of anilines is 1. The molecule has 0 aromatic heterocycles. The molecule has 1 aliphatic rings. The van der Waals surface area contributed by atoms with Gasteiger partial charge in [-0.3, -0.25) is 4.79 Å². The summed E-state index contributed by atoms with van der Waals surface area (Å²) >= 11 is 1.35. The minimum Gasteiger partial charge on any atom is -0.314 e. The van der Waals surface area contributed by atoms with Gasteiger partial charge < -0.3 is 9.08 Å². The second-order valence-corrected chi connectivity index (χ2v) is 4.79. The zero-order valence-electron chi connectivity index (χ0n) is 9.53. The van der Waals surface area contributed by atoms with Crippen LogP contribution in [0.4, 0.5) is 5.69 Å². The van der Waals surface area contributed by atoms with Crippen LogP contribution in [-0.2, 0) is 15.4 Å². The fraction of sp³-hybridized carbons (Fsp3) is 0.417. The number of amides is 1. The van der Waals surface area contributed by atoms with Crippen molar-refractivity contribution in [1.29, 1.82) is 0 Å². The highest BCUT2D eigenvalue weighted by Crippen LogP contribution is 2.31. The van der Waals surface area contributed by atoms with Crippen molar-refractivity contribution in [1.82, 2.24) is 0 Å². The first-order valence-corrected chi connectivity index (χ1v) is 6.08. The van der Waals surface area contributed by atoms with Gasteiger partial charge in [0.05, 0.1) is 7.11 Å². The van der Waals surface area contributed by atoms with E-state index in [1.165, 1.54) is 17.6 Å². The molecule has 1 aromatic carbocycles. The van der Waals surface area contributed by atoms with E-state index in [-0.39, 0.29) is 5.91 Å². The minimum absolute atomic E-state index is 0.119. The van der Waals surface area contributed by atoms with Crippen molar-refractivity contribution >= 4 is 23.6 Å². The lowest BCUT2D eigenvalue weighted by Crippen LogP contribution is -2.33. The second kappa shape index (κ2) is 4.89. The third-order valence-electron chi connectivity index (χ3n) is 2.73. The maximum Gasteiger partial charge on any atom is 0.223 e. The average Bonchev–Trinajstić information content (AvgIpc) is 2.28. The van der Waals surface area contributed by atoms with E-state index >= 15 is 0 Å². The van der Waals surface area contributed by atoms with Crippen LogP contribution in [0, 0.1) is 0 Å². The maximum absolute atomic E-state index is 11.5. The molecule has 1 aliphatic heterocycles. The molecule has 0 N–H and O–H groups in total. The number of aryl methyl sites for hydroxylation is 1. The lowest BCUT2D eigenvalue weighted by atomic mass is 10.0. The van der Waals surface area contributed by atoms with Gasteiger partial charge in [0.1, 0.15) is 0 Å². The van der Waals surface area contributed by atoms with Gasteiger partial charge in [0.15, 0.2) is 0 Å². The molecule has 0 spiro atoms. The summed E-state index contributed by atoms with van der Waals surface area (Å²) in [5.41, 5.74) is 2.29. The van der Waals surface area contributed by atoms with Crippen LogP contribution in [0.3, 0.4) is 0 Å². The molecule has 0 bridgehead atoms. The van der Waals surface area contributed by atoms with Crippen LogP contribution in [0.15, 0.2) is 23.1 Å². The summed E-state index contributed by atoms with van der Waals surface area (Å²) in [6.07, 6.45) is 2.07. The minimum atomic E-state index is 0.119. The number of fused-ring (bicyclic) bond motifs is 1. The van der Waals surface area contributed by atoms with Gasteiger partial charge in [-0.1, -0.05) is 0 Å². The maximum atomic E-state index is 11.5. The molecule has 0 radical (unpaired) electrons. The van der Waals surface area contributed by atoms with Gasteiger partial charge in [-0.2, -0.15) is 0 Å². The van der Waals surface area contributed by atoms with E-state index in [1.54, 1.807) is 14.0 Å². The molecule has 1 heterocycles. The van der Waals surface area contributed by atoms with E-state index < -0.39 is 0 Å². The van der Waals surface area contributed by atoms with Gasteiger partial charge in [0.2, 0.25) is 5.91 Å². The fourth-order valence-electron chi connectivity index (χ4n) is 2.05. The number of hydrogen-bond donors (Lipinski definition) is 0. The van der Waals surface area contributed by atoms with Crippen molar-refractivity contribution in [3.05, 3.63) is 23.8 Å². The number of rotatable bonds is 2. The SMILES string of the molecule is COSc1ccc2c(c1)CCCN2C(C)=O. The Labute approximate surface area is 100.0 Å². The lowest BCUT2D eigenvalue weighted by molar-refractivity contribution is -0.116. The molecular formula is C12H15NO2S. The Morgan fingerprint density at radius 1 is 1.50 bits per heavy atom. The predicted octanol–water partition coefficient (Wildman–Crippen LogP) is 2.64. The average molecular weight is 237 g/mol. The van der Waals surface area contributed by atoms with Gasteiger partial charge >= 0.3 is 0 Å². The Hall–Kier alpha value is -1.00. The summed E-state index contributed by atoms with van der Waals surface area (Å²) in [5, 5.41) is 0. The summed E-state index contributed by atoms with van der Waals surface area (Å²) in [6.45, 7) is 2.45. The van der Waals surface area contributed by atoms with Crippen LogP contribution in [-0.4, -0.2) is 19.6 Å². The molecule has 2 rings (SSSR count). The highest BCUT2D eigenvalue weighted by atomic mass is 32.2. The van der Waals surface area contributed by atoms with E-state index in [9.17, 15) is 4.79 Å². The van der Waals surface area contributed by atoms with E-state index in [0.29, 0.717) is 0 Å². The van der Waals surface area contributed by atoms with Crippen molar-refractivity contribution in [2.24, 2.45) is 0 Å². The highest BCUT2D eigenvalue weighted by Gasteiger charge is 2.19. The zero-order chi connectivity index (χ0) is 11.5. The standard InChI is InChI=1S/C12H15NO2S/c1-9(14)13-7-3-4-10-8-11(16-15-2)5-6-12(10)13/h5-6,8H,3-4,7H2,1-2H3. The van der Waals surface area contributed by atoms with Gasteiger partial charge in [0, 0.05) is 36.1 Å². The van der Waals surface area contributed by atoms with E-state index in [4.69, 9.17) is 4.18 Å². The first-order chi connectivity index (χ1) is 7.72. The Bertz CT molecular complexity index is 406. The van der Waals surface area contributed by atoms with E-state index in [2.05, 4.69) is 6.07 Å². The molecule has 86 valence electrons. The molecule has 1 amide bonds. The van der Waals surface area contributed by atoms with Crippen molar-refractivity contribution in [2.75, 3.05) is 18.6 Å². The van der Waals surface area contributed by atoms with Gasteiger partial charge in [-0.15, -0.1) is 0 Å². The van der Waals surface area contributed by atoms with Gasteiger partial charge in [-0.05, 0) is 36.6 Å². The third kappa shape index (κ3) is 2.23. The normalized spacial score (nSPS) is 14.8. The Balaban J connectivity index is 2.33. The summed E-state index contributed by atoms with van der Waals surface area (Å²) in [7, 11) is 1.66. The van der Waals surface area contributed by atoms with Crippen LogP contribution in [0.25, 0.3) is 0 Å². The molecule has 3 nitrogen and oxygen atoms in total. The molecule has 0 aliphatic carbocycles. The monoisotopic (exact) mass is 237 g/mol. The second-order valence-electron chi connectivity index (χ2n) is 3.81. The summed E-state index contributed by atoms with van der Waals surface area (Å²) in [4.78, 5) is 14.4. The third-order valence-corrected chi connectivity index (χ3v) is 3.34. The Morgan fingerprint density at radius 2 is 2.31 bits per heavy atom. The number of nitrogens with zero attached hydrogens (tertiary/aromatic N) is 1. The number of benzene rings is 1. The molecule has 0 saturated carbocycles. The predicted molar refractivity (Wildman–Crippen MR) is 65.7 cm³/mol. The van der Waals surface area contributed by atoms with Crippen LogP contribution in [0.5, 0.6) is 0 Å². The largest absolute Gasteiger partial charge is 0.314 e. The topological polar surface area (TPSA) is 29.5 Å². The molecule has 0 atom stereocenters. The zero-order valence-corrected chi connectivity index (χ0v) is 10.3. The van der Waals surface area contributed by atoms with Crippen molar-refractivity contribution in [3.8, 4) is 0 Å². The summed E-state index contributed by atoms with van der Waals surface area (Å²) in [6, 6.07) is 6.12. The van der Waals surface area contributed by atoms with E-state index in [0.717, 1.165) is 30.0 Å². The van der Waals surface area contributed by atoms with Crippen molar-refractivity contribution in [3.63, 3.8) is 0 Å². The van der Waals surface area contributed by atoms with Gasteiger partial charge in [0.25, 0.3) is 0 Å². The number of carbonyl (C=O) groups is 1. The molecule has 0 unspecified atom stereocenters.